The molecule has 7 heteroatoms. The molecule has 0 aliphatic carbocycles. The van der Waals surface area contributed by atoms with Crippen LogP contribution in [0.3, 0.4) is 0 Å². The third-order valence-corrected chi connectivity index (χ3v) is 3.18. The minimum atomic E-state index is -0.952. The predicted molar refractivity (Wildman–Crippen MR) is 80.1 cm³/mol. The summed E-state index contributed by atoms with van der Waals surface area (Å²) in [5.41, 5.74) is -0.297. The first kappa shape index (κ1) is 15.8. The maximum atomic E-state index is 12.2. The number of benzene rings is 1. The molecule has 0 spiro atoms. The second-order valence-corrected chi connectivity index (χ2v) is 4.73. The van der Waals surface area contributed by atoms with E-state index in [4.69, 9.17) is 9.84 Å². The molecule has 0 bridgehead atoms. The SMILES string of the molecule is CCc1nn(CCC(=O)O)c(=O)n1CCOc1ccccc1. The number of rotatable bonds is 8. The minimum absolute atomic E-state index is 0.0771. The molecule has 1 aromatic carbocycles. The number of para-hydroxylation sites is 1. The first-order chi connectivity index (χ1) is 10.6. The maximum absolute atomic E-state index is 12.2. The molecule has 0 fully saturated rings. The van der Waals surface area contributed by atoms with Gasteiger partial charge in [0.1, 0.15) is 18.2 Å². The average Bonchev–Trinajstić information content (AvgIpc) is 2.82. The molecule has 0 saturated carbocycles. The van der Waals surface area contributed by atoms with Crippen molar-refractivity contribution in [1.82, 2.24) is 14.3 Å². The minimum Gasteiger partial charge on any atom is -0.492 e. The van der Waals surface area contributed by atoms with Crippen molar-refractivity contribution in [3.63, 3.8) is 0 Å². The highest BCUT2D eigenvalue weighted by Crippen LogP contribution is 2.08. The number of carboxylic acid groups (broad SMARTS) is 1. The summed E-state index contributed by atoms with van der Waals surface area (Å²) in [6.07, 6.45) is 0.473. The molecule has 0 aliphatic rings. The summed E-state index contributed by atoms with van der Waals surface area (Å²) >= 11 is 0. The van der Waals surface area contributed by atoms with Crippen molar-refractivity contribution in [1.29, 1.82) is 0 Å². The number of hydrogen-bond donors (Lipinski definition) is 1. The molecule has 0 radical (unpaired) electrons. The van der Waals surface area contributed by atoms with Crippen LogP contribution in [0.5, 0.6) is 5.75 Å². The summed E-state index contributed by atoms with van der Waals surface area (Å²) < 4.78 is 8.32. The lowest BCUT2D eigenvalue weighted by Gasteiger charge is -2.07. The lowest BCUT2D eigenvalue weighted by molar-refractivity contribution is -0.137. The van der Waals surface area contributed by atoms with E-state index >= 15 is 0 Å². The fraction of sp³-hybridized carbons (Fsp3) is 0.400. The highest BCUT2D eigenvalue weighted by molar-refractivity contribution is 5.66. The molecule has 0 amide bonds. The molecule has 0 saturated heterocycles. The number of aryl methyl sites for hydroxylation is 2. The molecule has 1 N–H and O–H groups in total. The normalized spacial score (nSPS) is 10.6. The number of aromatic nitrogens is 3. The van der Waals surface area contributed by atoms with Gasteiger partial charge in [0.2, 0.25) is 0 Å². The molecule has 0 atom stereocenters. The Labute approximate surface area is 127 Å². The monoisotopic (exact) mass is 305 g/mol. The zero-order valence-corrected chi connectivity index (χ0v) is 12.4. The van der Waals surface area contributed by atoms with Crippen molar-refractivity contribution in [3.8, 4) is 5.75 Å². The zero-order chi connectivity index (χ0) is 15.9. The van der Waals surface area contributed by atoms with Crippen LogP contribution in [-0.4, -0.2) is 32.0 Å². The number of carbonyl (C=O) groups is 1. The molecule has 22 heavy (non-hydrogen) atoms. The first-order valence-electron chi connectivity index (χ1n) is 7.18. The van der Waals surface area contributed by atoms with Crippen LogP contribution in [0, 0.1) is 0 Å². The number of aliphatic carboxylic acids is 1. The van der Waals surface area contributed by atoms with E-state index in [1.807, 2.05) is 37.3 Å². The zero-order valence-electron chi connectivity index (χ0n) is 12.4. The van der Waals surface area contributed by atoms with Gasteiger partial charge < -0.3 is 9.84 Å². The fourth-order valence-electron chi connectivity index (χ4n) is 2.09. The van der Waals surface area contributed by atoms with Crippen LogP contribution in [-0.2, 0) is 24.3 Å². The number of ether oxygens (including phenoxy) is 1. The molecule has 118 valence electrons. The van der Waals surface area contributed by atoms with Gasteiger partial charge in [0.15, 0.2) is 0 Å². The van der Waals surface area contributed by atoms with Gasteiger partial charge in [0, 0.05) is 6.42 Å². The van der Waals surface area contributed by atoms with Crippen LogP contribution in [0.25, 0.3) is 0 Å². The largest absolute Gasteiger partial charge is 0.492 e. The maximum Gasteiger partial charge on any atom is 0.346 e. The molecular weight excluding hydrogens is 286 g/mol. The van der Waals surface area contributed by atoms with Gasteiger partial charge in [0.05, 0.1) is 19.5 Å². The van der Waals surface area contributed by atoms with Crippen LogP contribution < -0.4 is 10.4 Å². The van der Waals surface area contributed by atoms with E-state index in [0.29, 0.717) is 25.4 Å². The van der Waals surface area contributed by atoms with E-state index in [-0.39, 0.29) is 18.7 Å². The van der Waals surface area contributed by atoms with Gasteiger partial charge in [-0.1, -0.05) is 25.1 Å². The predicted octanol–water partition coefficient (Wildman–Crippen LogP) is 1.16. The highest BCUT2D eigenvalue weighted by Gasteiger charge is 2.12. The molecule has 0 aliphatic heterocycles. The topological polar surface area (TPSA) is 86.4 Å². The van der Waals surface area contributed by atoms with E-state index < -0.39 is 5.97 Å². The van der Waals surface area contributed by atoms with E-state index in [2.05, 4.69) is 5.10 Å². The summed E-state index contributed by atoms with van der Waals surface area (Å²) in [6, 6.07) is 9.35. The van der Waals surface area contributed by atoms with Crippen molar-refractivity contribution in [3.05, 3.63) is 46.6 Å². The summed E-state index contributed by atoms with van der Waals surface area (Å²) in [5.74, 6) is 0.422. The third-order valence-electron chi connectivity index (χ3n) is 3.18. The van der Waals surface area contributed by atoms with Gasteiger partial charge >= 0.3 is 11.7 Å². The van der Waals surface area contributed by atoms with E-state index in [0.717, 1.165) is 5.75 Å². The molecule has 7 nitrogen and oxygen atoms in total. The van der Waals surface area contributed by atoms with Crippen LogP contribution in [0.2, 0.25) is 0 Å². The van der Waals surface area contributed by atoms with Crippen LogP contribution in [0.15, 0.2) is 35.1 Å². The Bertz CT molecular complexity index is 676. The Kier molecular flexibility index (Phi) is 5.35. The molecule has 2 aromatic rings. The number of carboxylic acids is 1. The van der Waals surface area contributed by atoms with E-state index in [1.165, 1.54) is 9.25 Å². The molecule has 0 unspecified atom stereocenters. The Morgan fingerprint density at radius 3 is 2.64 bits per heavy atom. The quantitative estimate of drug-likeness (QED) is 0.791. The summed E-state index contributed by atoms with van der Waals surface area (Å²) in [7, 11) is 0. The van der Waals surface area contributed by atoms with Gasteiger partial charge in [-0.05, 0) is 12.1 Å². The average molecular weight is 305 g/mol. The van der Waals surface area contributed by atoms with E-state index in [9.17, 15) is 9.59 Å². The van der Waals surface area contributed by atoms with Gasteiger partial charge in [0.25, 0.3) is 0 Å². The van der Waals surface area contributed by atoms with Crippen molar-refractivity contribution in [2.24, 2.45) is 0 Å². The second-order valence-electron chi connectivity index (χ2n) is 4.73. The lowest BCUT2D eigenvalue weighted by Crippen LogP contribution is -2.28. The lowest BCUT2D eigenvalue weighted by atomic mass is 10.3. The van der Waals surface area contributed by atoms with E-state index in [1.54, 1.807) is 0 Å². The molecule has 2 rings (SSSR count). The Balaban J connectivity index is 2.03. The molecular formula is C15H19N3O4. The van der Waals surface area contributed by atoms with Gasteiger partial charge in [-0.25, -0.2) is 9.48 Å². The standard InChI is InChI=1S/C15H19N3O4/c1-2-13-16-18(9-8-14(19)20)15(21)17(13)10-11-22-12-6-4-3-5-7-12/h3-7H,2,8-11H2,1H3,(H,19,20). The van der Waals surface area contributed by atoms with Gasteiger partial charge in [-0.15, -0.1) is 0 Å². The highest BCUT2D eigenvalue weighted by atomic mass is 16.5. The number of nitrogens with zero attached hydrogens (tertiary/aromatic N) is 3. The Morgan fingerprint density at radius 1 is 1.27 bits per heavy atom. The van der Waals surface area contributed by atoms with Crippen molar-refractivity contribution in [2.45, 2.75) is 32.9 Å². The second kappa shape index (κ2) is 7.44. The Hall–Kier alpha value is -2.57. The fourth-order valence-corrected chi connectivity index (χ4v) is 2.09. The van der Waals surface area contributed by atoms with Crippen molar-refractivity contribution in [2.75, 3.05) is 6.61 Å². The van der Waals surface area contributed by atoms with Crippen molar-refractivity contribution < 1.29 is 14.6 Å². The van der Waals surface area contributed by atoms with Crippen LogP contribution in [0.1, 0.15) is 19.2 Å². The summed E-state index contributed by atoms with van der Waals surface area (Å²) in [4.78, 5) is 22.8. The van der Waals surface area contributed by atoms with Gasteiger partial charge in [-0.2, -0.15) is 5.10 Å². The molecule has 1 aromatic heterocycles. The summed E-state index contributed by atoms with van der Waals surface area (Å²) in [5, 5.41) is 12.9. The summed E-state index contributed by atoms with van der Waals surface area (Å²) in [6.45, 7) is 2.71. The smallest absolute Gasteiger partial charge is 0.346 e. The van der Waals surface area contributed by atoms with Crippen LogP contribution in [0.4, 0.5) is 0 Å². The molecule has 1 heterocycles. The Morgan fingerprint density at radius 2 is 2.00 bits per heavy atom. The third kappa shape index (κ3) is 3.97. The number of hydrogen-bond acceptors (Lipinski definition) is 4. The van der Waals surface area contributed by atoms with Crippen molar-refractivity contribution >= 4 is 5.97 Å². The first-order valence-corrected chi connectivity index (χ1v) is 7.18. The van der Waals surface area contributed by atoms with Gasteiger partial charge in [-0.3, -0.25) is 9.36 Å². The van der Waals surface area contributed by atoms with Crippen LogP contribution >= 0.6 is 0 Å².